The number of nitrogens with two attached hydrogens (primary N) is 1. The maximum Gasteiger partial charge on any atom is 0.351 e. The number of hydrogen-bond acceptors (Lipinski definition) is 12. The number of methoxy groups -OCH3 is 3. The van der Waals surface area contributed by atoms with Crippen LogP contribution >= 0.6 is 8.53 Å². The Balaban J connectivity index is 1.64. The van der Waals surface area contributed by atoms with Gasteiger partial charge in [-0.3, -0.25) is 4.57 Å². The Morgan fingerprint density at radius 1 is 0.889 bits per heavy atom. The van der Waals surface area contributed by atoms with E-state index in [4.69, 9.17) is 38.5 Å². The fraction of sp³-hybridized carbons (Fsp3) is 0.425. The van der Waals surface area contributed by atoms with Crippen LogP contribution in [0, 0.1) is 11.3 Å². The van der Waals surface area contributed by atoms with E-state index in [1.807, 2.05) is 78.9 Å². The molecule has 4 aromatic rings. The number of nitrogens with zero attached hydrogens (tertiary/aromatic N) is 4. The van der Waals surface area contributed by atoms with Crippen LogP contribution in [-0.4, -0.2) is 79.2 Å². The summed E-state index contributed by atoms with van der Waals surface area (Å²) in [4.78, 5) is 17.2. The molecule has 1 aliphatic rings. The van der Waals surface area contributed by atoms with Crippen LogP contribution in [0.3, 0.4) is 0 Å². The van der Waals surface area contributed by atoms with Gasteiger partial charge in [-0.1, -0.05) is 54.6 Å². The van der Waals surface area contributed by atoms with Gasteiger partial charge in [0.1, 0.15) is 41.2 Å². The Hall–Kier alpha value is -4.38. The molecule has 2 N–H and O–H groups in total. The van der Waals surface area contributed by atoms with Crippen LogP contribution in [0.1, 0.15) is 57.0 Å². The molecule has 0 spiro atoms. The molecule has 0 bridgehead atoms. The van der Waals surface area contributed by atoms with Gasteiger partial charge in [0, 0.05) is 25.4 Å². The molecule has 0 saturated carbocycles. The molecular formula is C40H50N5O8P. The van der Waals surface area contributed by atoms with Gasteiger partial charge in [-0.15, -0.1) is 0 Å². The zero-order chi connectivity index (χ0) is 38.8. The molecule has 3 aromatic carbocycles. The maximum atomic E-state index is 13.2. The molecule has 54 heavy (non-hydrogen) atoms. The van der Waals surface area contributed by atoms with E-state index >= 15 is 0 Å². The van der Waals surface area contributed by atoms with E-state index in [0.717, 1.165) is 16.7 Å². The summed E-state index contributed by atoms with van der Waals surface area (Å²) in [7, 11) is 3.04. The molecule has 2 heterocycles. The van der Waals surface area contributed by atoms with E-state index in [9.17, 15) is 10.1 Å². The minimum atomic E-state index is -1.75. The zero-order valence-electron chi connectivity index (χ0n) is 31.8. The van der Waals surface area contributed by atoms with Gasteiger partial charge < -0.3 is 38.5 Å². The lowest BCUT2D eigenvalue weighted by atomic mass is 9.80. The Morgan fingerprint density at radius 2 is 1.46 bits per heavy atom. The first kappa shape index (κ1) is 40.8. The van der Waals surface area contributed by atoms with E-state index < -0.39 is 44.4 Å². The first-order valence-electron chi connectivity index (χ1n) is 17.8. The summed E-state index contributed by atoms with van der Waals surface area (Å²) in [6.45, 7) is 8.40. The highest BCUT2D eigenvalue weighted by atomic mass is 31.2. The van der Waals surface area contributed by atoms with Crippen LogP contribution in [-0.2, 0) is 28.9 Å². The standard InChI is InChI=1S/C40H50N5O8P/c1-27(2)45(28(3)4)54(51-25-11-23-41)53-36-34(52-38(37(36)49-7)44-24-22-35(42)43-39(44)46)26-50-40(29-12-9-8-10-13-29,30-14-18-32(47-5)19-15-30)31-16-20-33(48-6)21-17-31/h8-10,12-22,24,27-28,34,36-38H,11,25-26H2,1-7H3,(H2,42,43,46)/t34-,36-,37-,38-,54?/m1/s1. The Morgan fingerprint density at radius 3 is 1.96 bits per heavy atom. The van der Waals surface area contributed by atoms with E-state index in [2.05, 4.69) is 43.4 Å². The largest absolute Gasteiger partial charge is 0.497 e. The van der Waals surface area contributed by atoms with Crippen molar-refractivity contribution in [2.24, 2.45) is 0 Å². The fourth-order valence-corrected chi connectivity index (χ4v) is 8.51. The average molecular weight is 760 g/mol. The number of anilines is 1. The number of rotatable bonds is 18. The third kappa shape index (κ3) is 8.94. The van der Waals surface area contributed by atoms with Crippen LogP contribution in [0.2, 0.25) is 0 Å². The summed E-state index contributed by atoms with van der Waals surface area (Å²) < 4.78 is 47.9. The number of nitriles is 1. The van der Waals surface area contributed by atoms with Crippen molar-refractivity contribution < 1.29 is 32.7 Å². The third-order valence-electron chi connectivity index (χ3n) is 9.20. The van der Waals surface area contributed by atoms with Crippen molar-refractivity contribution in [1.29, 1.82) is 5.26 Å². The smallest absolute Gasteiger partial charge is 0.351 e. The Labute approximate surface area is 318 Å². The summed E-state index contributed by atoms with van der Waals surface area (Å²) in [6, 6.07) is 29.2. The summed E-state index contributed by atoms with van der Waals surface area (Å²) in [6.07, 6.45) is -1.64. The number of nitrogen functional groups attached to an aromatic ring is 1. The molecule has 14 heteroatoms. The molecule has 5 rings (SSSR count). The van der Waals surface area contributed by atoms with Gasteiger partial charge in [0.15, 0.2) is 6.23 Å². The number of aromatic nitrogens is 2. The molecular weight excluding hydrogens is 709 g/mol. The van der Waals surface area contributed by atoms with Crippen LogP contribution in [0.4, 0.5) is 5.82 Å². The van der Waals surface area contributed by atoms with Gasteiger partial charge in [-0.05, 0) is 74.7 Å². The predicted octanol–water partition coefficient (Wildman–Crippen LogP) is 6.42. The highest BCUT2D eigenvalue weighted by Gasteiger charge is 2.51. The first-order chi connectivity index (χ1) is 26.1. The molecule has 1 fully saturated rings. The minimum Gasteiger partial charge on any atom is -0.497 e. The molecule has 5 atom stereocenters. The second kappa shape index (κ2) is 18.8. The maximum absolute atomic E-state index is 13.2. The van der Waals surface area contributed by atoms with Gasteiger partial charge >= 0.3 is 5.69 Å². The van der Waals surface area contributed by atoms with Crippen molar-refractivity contribution in [3.63, 3.8) is 0 Å². The van der Waals surface area contributed by atoms with Crippen molar-refractivity contribution in [2.75, 3.05) is 40.3 Å². The van der Waals surface area contributed by atoms with Crippen molar-refractivity contribution >= 4 is 14.3 Å². The third-order valence-corrected chi connectivity index (χ3v) is 11.3. The predicted molar refractivity (Wildman–Crippen MR) is 206 cm³/mol. The summed E-state index contributed by atoms with van der Waals surface area (Å²) in [5.41, 5.74) is 6.63. The first-order valence-corrected chi connectivity index (χ1v) is 19.0. The lowest BCUT2D eigenvalue weighted by Crippen LogP contribution is -2.43. The molecule has 1 saturated heterocycles. The minimum absolute atomic E-state index is 0.0180. The second-order valence-electron chi connectivity index (χ2n) is 13.2. The number of ether oxygens (including phenoxy) is 5. The van der Waals surface area contributed by atoms with Gasteiger partial charge in [0.2, 0.25) is 0 Å². The Kier molecular flexibility index (Phi) is 14.2. The van der Waals surface area contributed by atoms with Gasteiger partial charge in [0.25, 0.3) is 8.53 Å². The van der Waals surface area contributed by atoms with Crippen molar-refractivity contribution in [2.45, 2.75) is 76.3 Å². The molecule has 0 aliphatic carbocycles. The van der Waals surface area contributed by atoms with Crippen molar-refractivity contribution in [3.8, 4) is 17.6 Å². The number of benzene rings is 3. The monoisotopic (exact) mass is 759 g/mol. The molecule has 13 nitrogen and oxygen atoms in total. The number of hydrogen-bond donors (Lipinski definition) is 1. The molecule has 1 unspecified atom stereocenters. The van der Waals surface area contributed by atoms with Crippen LogP contribution in [0.15, 0.2) is 95.9 Å². The van der Waals surface area contributed by atoms with Crippen LogP contribution in [0.5, 0.6) is 11.5 Å². The lowest BCUT2D eigenvalue weighted by molar-refractivity contribution is -0.0957. The van der Waals surface area contributed by atoms with Gasteiger partial charge in [-0.2, -0.15) is 10.2 Å². The van der Waals surface area contributed by atoms with E-state index in [1.165, 1.54) is 16.8 Å². The molecule has 288 valence electrons. The van der Waals surface area contributed by atoms with Crippen molar-refractivity contribution in [3.05, 3.63) is 118 Å². The quantitative estimate of drug-likeness (QED) is 0.0677. The molecule has 1 aromatic heterocycles. The van der Waals surface area contributed by atoms with Crippen molar-refractivity contribution in [1.82, 2.24) is 14.2 Å². The highest BCUT2D eigenvalue weighted by Crippen LogP contribution is 2.51. The van der Waals surface area contributed by atoms with E-state index in [-0.39, 0.29) is 37.5 Å². The molecule has 0 radical (unpaired) electrons. The van der Waals surface area contributed by atoms with Crippen LogP contribution < -0.4 is 20.9 Å². The van der Waals surface area contributed by atoms with Gasteiger partial charge in [-0.25, -0.2) is 9.46 Å². The molecule has 1 aliphatic heterocycles. The summed E-state index contributed by atoms with van der Waals surface area (Å²) >= 11 is 0. The average Bonchev–Trinajstić information content (AvgIpc) is 3.51. The van der Waals surface area contributed by atoms with Gasteiger partial charge in [0.05, 0.1) is 39.9 Å². The van der Waals surface area contributed by atoms with E-state index in [0.29, 0.717) is 11.5 Å². The topological polar surface area (TPSA) is 153 Å². The summed E-state index contributed by atoms with van der Waals surface area (Å²) in [5, 5.41) is 9.34. The fourth-order valence-electron chi connectivity index (χ4n) is 6.74. The van der Waals surface area contributed by atoms with Crippen LogP contribution in [0.25, 0.3) is 0 Å². The second-order valence-corrected chi connectivity index (χ2v) is 14.6. The van der Waals surface area contributed by atoms with E-state index in [1.54, 1.807) is 21.3 Å². The lowest BCUT2D eigenvalue weighted by Gasteiger charge is -2.39. The SMILES string of the molecule is COc1ccc(C(OC[C@H]2O[C@@H](n3ccc(N)nc3=O)[C@H](OC)[C@@H]2OP(OCCC#N)N(C(C)C)C(C)C)(c2ccccc2)c2ccc(OC)cc2)cc1. The highest BCUT2D eigenvalue weighted by molar-refractivity contribution is 7.44. The molecule has 0 amide bonds. The zero-order valence-corrected chi connectivity index (χ0v) is 32.7. The summed E-state index contributed by atoms with van der Waals surface area (Å²) in [5.74, 6) is 1.48. The Bertz CT molecular complexity index is 1820. The normalized spacial score (nSPS) is 19.3.